The molecule has 0 aliphatic rings. The molecule has 4 rings (SSSR count). The Morgan fingerprint density at radius 2 is 1.59 bits per heavy atom. The average molecular weight is 526 g/mol. The number of hydrogen-bond acceptors (Lipinski definition) is 6. The molecule has 5 N–H and O–H groups in total. The largest absolute Gasteiger partial charge is 0.491 e. The van der Waals surface area contributed by atoms with Gasteiger partial charge in [0.1, 0.15) is 18.5 Å². The van der Waals surface area contributed by atoms with Crippen molar-refractivity contribution in [2.45, 2.75) is 13.0 Å². The van der Waals surface area contributed by atoms with Gasteiger partial charge in [0.05, 0.1) is 23.7 Å². The maximum absolute atomic E-state index is 13.1. The van der Waals surface area contributed by atoms with Gasteiger partial charge in [-0.3, -0.25) is 10.1 Å². The minimum absolute atomic E-state index is 0.0969. The molecule has 0 unspecified atom stereocenters. The van der Waals surface area contributed by atoms with Crippen molar-refractivity contribution in [3.8, 4) is 5.75 Å². The molecule has 4 aromatic rings. The lowest BCUT2D eigenvalue weighted by molar-refractivity contribution is -0.111. The monoisotopic (exact) mass is 525 g/mol. The summed E-state index contributed by atoms with van der Waals surface area (Å²) in [6, 6.07) is 27.4. The Hall–Kier alpha value is -4.82. The van der Waals surface area contributed by atoms with Crippen molar-refractivity contribution < 1.29 is 24.2 Å². The van der Waals surface area contributed by atoms with Gasteiger partial charge in [0, 0.05) is 11.3 Å². The summed E-state index contributed by atoms with van der Waals surface area (Å²) in [6.45, 7) is 1.93. The zero-order chi connectivity index (χ0) is 27.6. The third-order valence-electron chi connectivity index (χ3n) is 6.08. The van der Waals surface area contributed by atoms with Gasteiger partial charge in [0.2, 0.25) is 5.91 Å². The summed E-state index contributed by atoms with van der Waals surface area (Å²) in [5.74, 6) is -0.146. The molecule has 2 amide bonds. The number of benzene rings is 4. The molecule has 0 fully saturated rings. The number of nitrogen functional groups attached to an aromatic ring is 1. The highest BCUT2D eigenvalue weighted by Crippen LogP contribution is 2.30. The number of ether oxygens (including phenoxy) is 2. The Bertz CT molecular complexity index is 1450. The molecule has 0 aromatic heterocycles. The van der Waals surface area contributed by atoms with Crippen molar-refractivity contribution in [3.05, 3.63) is 109 Å². The van der Waals surface area contributed by atoms with E-state index in [4.69, 9.17) is 20.3 Å². The molecule has 0 saturated heterocycles. The fourth-order valence-electron chi connectivity index (χ4n) is 4.11. The van der Waals surface area contributed by atoms with Crippen LogP contribution in [0.15, 0.2) is 103 Å². The summed E-state index contributed by atoms with van der Waals surface area (Å²) in [5, 5.41) is 16.5. The molecule has 8 nitrogen and oxygen atoms in total. The molecule has 39 heavy (non-hydrogen) atoms. The molecule has 0 aliphatic heterocycles. The van der Waals surface area contributed by atoms with Gasteiger partial charge in [-0.2, -0.15) is 0 Å². The van der Waals surface area contributed by atoms with Crippen molar-refractivity contribution in [1.29, 1.82) is 0 Å². The van der Waals surface area contributed by atoms with Crippen molar-refractivity contribution in [2.75, 3.05) is 29.6 Å². The highest BCUT2D eigenvalue weighted by atomic mass is 16.6. The van der Waals surface area contributed by atoms with Crippen LogP contribution in [0, 0.1) is 5.92 Å². The zero-order valence-electron chi connectivity index (χ0n) is 21.5. The third kappa shape index (κ3) is 7.37. The van der Waals surface area contributed by atoms with Crippen molar-refractivity contribution in [3.63, 3.8) is 0 Å². The number of para-hydroxylation sites is 2. The van der Waals surface area contributed by atoms with E-state index in [0.29, 0.717) is 28.4 Å². The van der Waals surface area contributed by atoms with Gasteiger partial charge in [-0.1, -0.05) is 73.7 Å². The summed E-state index contributed by atoms with van der Waals surface area (Å²) in [5.41, 5.74) is 8.24. The average Bonchev–Trinajstić information content (AvgIpc) is 2.95. The predicted molar refractivity (Wildman–Crippen MR) is 154 cm³/mol. The second-order valence-electron chi connectivity index (χ2n) is 8.91. The minimum atomic E-state index is -0.710. The Kier molecular flexibility index (Phi) is 9.16. The summed E-state index contributed by atoms with van der Waals surface area (Å²) in [6.07, 6.45) is 1.74. The van der Waals surface area contributed by atoms with Crippen molar-refractivity contribution in [2.24, 2.45) is 5.92 Å². The van der Waals surface area contributed by atoms with Gasteiger partial charge in [0.15, 0.2) is 0 Å². The van der Waals surface area contributed by atoms with Crippen LogP contribution in [0.4, 0.5) is 21.9 Å². The third-order valence-corrected chi connectivity index (χ3v) is 6.08. The van der Waals surface area contributed by atoms with Crippen LogP contribution in [-0.2, 0) is 9.53 Å². The topological polar surface area (TPSA) is 123 Å². The van der Waals surface area contributed by atoms with E-state index < -0.39 is 12.2 Å². The Balaban J connectivity index is 1.52. The van der Waals surface area contributed by atoms with E-state index in [0.717, 1.165) is 10.8 Å². The minimum Gasteiger partial charge on any atom is -0.491 e. The smallest absolute Gasteiger partial charge is 0.412 e. The zero-order valence-corrected chi connectivity index (χ0v) is 21.5. The summed E-state index contributed by atoms with van der Waals surface area (Å²) in [4.78, 5) is 25.6. The number of anilines is 3. The number of nitrogens with two attached hydrogens (primary N) is 1. The van der Waals surface area contributed by atoms with Gasteiger partial charge < -0.3 is 25.6 Å². The van der Waals surface area contributed by atoms with E-state index >= 15 is 0 Å². The second-order valence-corrected chi connectivity index (χ2v) is 8.91. The van der Waals surface area contributed by atoms with E-state index in [1.165, 1.54) is 6.08 Å². The molecule has 0 saturated carbocycles. The lowest BCUT2D eigenvalue weighted by Gasteiger charge is -2.23. The molecule has 0 radical (unpaired) electrons. The van der Waals surface area contributed by atoms with E-state index in [1.807, 2.05) is 49.4 Å². The molecule has 2 atom stereocenters. The van der Waals surface area contributed by atoms with E-state index in [9.17, 15) is 9.59 Å². The lowest BCUT2D eigenvalue weighted by atomic mass is 9.96. The van der Waals surface area contributed by atoms with Crippen LogP contribution in [0.3, 0.4) is 0 Å². The second kappa shape index (κ2) is 13.1. The molecule has 8 heteroatoms. The van der Waals surface area contributed by atoms with Crippen LogP contribution in [0.5, 0.6) is 5.75 Å². The normalized spacial score (nSPS) is 12.6. The lowest BCUT2D eigenvalue weighted by Crippen LogP contribution is -2.21. The van der Waals surface area contributed by atoms with Crippen LogP contribution in [-0.4, -0.2) is 30.3 Å². The van der Waals surface area contributed by atoms with Crippen LogP contribution in [0.1, 0.15) is 18.6 Å². The number of fused-ring (bicyclic) bond motifs is 1. The first kappa shape index (κ1) is 27.2. The number of carbonyl (C=O) groups is 2. The standard InChI is InChI=1S/C31H31N3O5/c1-21(13-18-29(36)33-28-11-5-4-10-26(28)32)30(23-14-16-24(17-15-23)38-20-19-35)39-31(37)34-27-12-6-8-22-7-2-3-9-25(22)27/h2-18,21,30,35H,19-20,32H2,1H3,(H,33,36)(H,34,37)/b18-13+/t21-,30+/m1/s1. The molecule has 0 spiro atoms. The number of nitrogens with one attached hydrogen (secondary N) is 2. The number of aliphatic hydroxyl groups is 1. The summed E-state index contributed by atoms with van der Waals surface area (Å²) < 4.78 is 11.4. The predicted octanol–water partition coefficient (Wildman–Crippen LogP) is 5.91. The van der Waals surface area contributed by atoms with Crippen LogP contribution in [0.2, 0.25) is 0 Å². The van der Waals surface area contributed by atoms with Gasteiger partial charge in [-0.25, -0.2) is 4.79 Å². The maximum Gasteiger partial charge on any atom is 0.412 e. The number of rotatable bonds is 10. The molecular formula is C31H31N3O5. The van der Waals surface area contributed by atoms with Crippen LogP contribution >= 0.6 is 0 Å². The van der Waals surface area contributed by atoms with Gasteiger partial charge in [-0.15, -0.1) is 0 Å². The van der Waals surface area contributed by atoms with Crippen LogP contribution < -0.4 is 21.1 Å². The number of aliphatic hydroxyl groups excluding tert-OH is 1. The van der Waals surface area contributed by atoms with E-state index in [-0.39, 0.29) is 25.0 Å². The quantitative estimate of drug-likeness (QED) is 0.151. The summed E-state index contributed by atoms with van der Waals surface area (Å²) >= 11 is 0. The first-order valence-corrected chi connectivity index (χ1v) is 12.6. The highest BCUT2D eigenvalue weighted by Gasteiger charge is 2.23. The fourth-order valence-corrected chi connectivity index (χ4v) is 4.11. The Morgan fingerprint density at radius 3 is 2.36 bits per heavy atom. The number of hydrogen-bond donors (Lipinski definition) is 4. The first-order chi connectivity index (χ1) is 18.9. The Morgan fingerprint density at radius 1 is 0.897 bits per heavy atom. The summed E-state index contributed by atoms with van der Waals surface area (Å²) in [7, 11) is 0. The Labute approximate surface area is 227 Å². The van der Waals surface area contributed by atoms with Crippen LogP contribution in [0.25, 0.3) is 10.8 Å². The molecule has 4 aromatic carbocycles. The SMILES string of the molecule is C[C@H](/C=C/C(=O)Nc1ccccc1N)[C@H](OC(=O)Nc1cccc2ccccc12)c1ccc(OCCO)cc1. The van der Waals surface area contributed by atoms with Gasteiger partial charge in [0.25, 0.3) is 0 Å². The molecule has 200 valence electrons. The van der Waals surface area contributed by atoms with Gasteiger partial charge >= 0.3 is 6.09 Å². The number of amides is 2. The number of carbonyl (C=O) groups excluding carboxylic acids is 2. The van der Waals surface area contributed by atoms with E-state index in [2.05, 4.69) is 10.6 Å². The van der Waals surface area contributed by atoms with Crippen molar-refractivity contribution in [1.82, 2.24) is 0 Å². The van der Waals surface area contributed by atoms with E-state index in [1.54, 1.807) is 54.6 Å². The van der Waals surface area contributed by atoms with Crippen molar-refractivity contribution >= 4 is 39.8 Å². The molecule has 0 bridgehead atoms. The molecular weight excluding hydrogens is 494 g/mol. The first-order valence-electron chi connectivity index (χ1n) is 12.6. The molecule has 0 heterocycles. The maximum atomic E-state index is 13.1. The fraction of sp³-hybridized carbons (Fsp3) is 0.161. The molecule has 0 aliphatic carbocycles. The highest BCUT2D eigenvalue weighted by molar-refractivity contribution is 6.01. The van der Waals surface area contributed by atoms with Gasteiger partial charge in [-0.05, 0) is 47.4 Å².